The Balaban J connectivity index is 1.80. The fourth-order valence-corrected chi connectivity index (χ4v) is 1.45. The maximum Gasteiger partial charge on any atom is 0.253 e. The summed E-state index contributed by atoms with van der Waals surface area (Å²) in [5, 5.41) is 11.1. The molecule has 0 atom stereocenters. The van der Waals surface area contributed by atoms with Crippen LogP contribution in [0.5, 0.6) is 5.75 Å². The molecule has 1 heterocycles. The molecule has 18 heavy (non-hydrogen) atoms. The summed E-state index contributed by atoms with van der Waals surface area (Å²) >= 11 is 0. The van der Waals surface area contributed by atoms with Gasteiger partial charge in [0.2, 0.25) is 5.89 Å². The third kappa shape index (κ3) is 3.85. The molecular weight excluding hydrogens is 230 g/mol. The number of ether oxygens (including phenoxy) is 1. The second kappa shape index (κ2) is 6.76. The predicted octanol–water partition coefficient (Wildman–Crippen LogP) is 2.15. The lowest BCUT2D eigenvalue weighted by Crippen LogP contribution is -2.13. The Morgan fingerprint density at radius 2 is 1.94 bits per heavy atom. The van der Waals surface area contributed by atoms with Gasteiger partial charge in [-0.1, -0.05) is 25.1 Å². The van der Waals surface area contributed by atoms with E-state index in [9.17, 15) is 0 Å². The Morgan fingerprint density at radius 3 is 2.72 bits per heavy atom. The second-order valence-corrected chi connectivity index (χ2v) is 3.87. The van der Waals surface area contributed by atoms with Crippen molar-refractivity contribution in [2.45, 2.75) is 26.5 Å². The van der Waals surface area contributed by atoms with Gasteiger partial charge in [-0.05, 0) is 25.1 Å². The average Bonchev–Trinajstić information content (AvgIpc) is 2.86. The lowest BCUT2D eigenvalue weighted by Gasteiger charge is -2.01. The van der Waals surface area contributed by atoms with Crippen molar-refractivity contribution in [1.82, 2.24) is 15.5 Å². The quantitative estimate of drug-likeness (QED) is 0.760. The van der Waals surface area contributed by atoms with Gasteiger partial charge in [-0.2, -0.15) is 0 Å². The molecule has 1 aromatic carbocycles. The zero-order chi connectivity index (χ0) is 12.6. The monoisotopic (exact) mass is 247 g/mol. The van der Waals surface area contributed by atoms with Crippen molar-refractivity contribution in [2.24, 2.45) is 0 Å². The van der Waals surface area contributed by atoms with Crippen molar-refractivity contribution < 1.29 is 9.15 Å². The van der Waals surface area contributed by atoms with Gasteiger partial charge in [0, 0.05) is 0 Å². The Labute approximate surface area is 106 Å². The largest absolute Gasteiger partial charge is 0.484 e. The number of rotatable bonds is 7. The highest BCUT2D eigenvalue weighted by atomic mass is 16.5. The van der Waals surface area contributed by atoms with E-state index in [1.54, 1.807) is 0 Å². The number of nitrogens with zero attached hydrogens (tertiary/aromatic N) is 2. The average molecular weight is 247 g/mol. The normalized spacial score (nSPS) is 10.5. The summed E-state index contributed by atoms with van der Waals surface area (Å²) in [5.41, 5.74) is 0. The lowest BCUT2D eigenvalue weighted by molar-refractivity contribution is 0.258. The van der Waals surface area contributed by atoms with Crippen LogP contribution >= 0.6 is 0 Å². The molecule has 5 heteroatoms. The van der Waals surface area contributed by atoms with Crippen LogP contribution in [0, 0.1) is 0 Å². The zero-order valence-corrected chi connectivity index (χ0v) is 10.4. The summed E-state index contributed by atoms with van der Waals surface area (Å²) in [4.78, 5) is 0. The number of hydrogen-bond acceptors (Lipinski definition) is 5. The molecule has 0 saturated carbocycles. The molecule has 2 rings (SSSR count). The van der Waals surface area contributed by atoms with Gasteiger partial charge >= 0.3 is 0 Å². The molecule has 0 bridgehead atoms. The Bertz CT molecular complexity index is 456. The number of para-hydroxylation sites is 1. The second-order valence-electron chi connectivity index (χ2n) is 3.87. The summed E-state index contributed by atoms with van der Waals surface area (Å²) < 4.78 is 11.0. The minimum absolute atomic E-state index is 0.296. The summed E-state index contributed by atoms with van der Waals surface area (Å²) in [5.74, 6) is 1.88. The van der Waals surface area contributed by atoms with E-state index >= 15 is 0 Å². The molecule has 0 aliphatic heterocycles. The minimum atomic E-state index is 0.296. The summed E-state index contributed by atoms with van der Waals surface area (Å²) in [7, 11) is 0. The van der Waals surface area contributed by atoms with Crippen LogP contribution in [-0.2, 0) is 13.2 Å². The van der Waals surface area contributed by atoms with Gasteiger partial charge in [0.05, 0.1) is 6.54 Å². The molecule has 0 amide bonds. The summed E-state index contributed by atoms with van der Waals surface area (Å²) in [6.45, 7) is 3.95. The van der Waals surface area contributed by atoms with Gasteiger partial charge in [-0.15, -0.1) is 10.2 Å². The lowest BCUT2D eigenvalue weighted by atomic mass is 10.3. The molecule has 0 aliphatic carbocycles. The van der Waals surface area contributed by atoms with Crippen LogP contribution in [0.15, 0.2) is 34.7 Å². The Kier molecular flexibility index (Phi) is 4.72. The smallest absolute Gasteiger partial charge is 0.253 e. The third-order valence-corrected chi connectivity index (χ3v) is 2.32. The summed E-state index contributed by atoms with van der Waals surface area (Å²) in [6, 6.07) is 9.56. The highest BCUT2D eigenvalue weighted by molar-refractivity contribution is 5.20. The summed E-state index contributed by atoms with van der Waals surface area (Å²) in [6.07, 6.45) is 1.08. The van der Waals surface area contributed by atoms with Gasteiger partial charge in [0.1, 0.15) is 5.75 Å². The first-order valence-corrected chi connectivity index (χ1v) is 6.08. The third-order valence-electron chi connectivity index (χ3n) is 2.32. The molecule has 0 fully saturated rings. The first kappa shape index (κ1) is 12.6. The Hall–Kier alpha value is -1.88. The molecule has 1 aromatic heterocycles. The molecule has 0 unspecified atom stereocenters. The molecular formula is C13H17N3O2. The molecule has 96 valence electrons. The highest BCUT2D eigenvalue weighted by Gasteiger charge is 2.05. The van der Waals surface area contributed by atoms with Crippen LogP contribution in [0.3, 0.4) is 0 Å². The molecule has 2 aromatic rings. The van der Waals surface area contributed by atoms with Crippen molar-refractivity contribution in [3.63, 3.8) is 0 Å². The van der Waals surface area contributed by atoms with Crippen molar-refractivity contribution in [3.05, 3.63) is 42.1 Å². The van der Waals surface area contributed by atoms with Crippen LogP contribution in [-0.4, -0.2) is 16.7 Å². The molecule has 0 saturated heterocycles. The number of nitrogens with one attached hydrogen (secondary N) is 1. The van der Waals surface area contributed by atoms with Crippen molar-refractivity contribution in [3.8, 4) is 5.75 Å². The van der Waals surface area contributed by atoms with Gasteiger partial charge < -0.3 is 14.5 Å². The zero-order valence-electron chi connectivity index (χ0n) is 10.4. The van der Waals surface area contributed by atoms with Crippen molar-refractivity contribution in [1.29, 1.82) is 0 Å². The highest BCUT2D eigenvalue weighted by Crippen LogP contribution is 2.10. The van der Waals surface area contributed by atoms with Gasteiger partial charge in [0.25, 0.3) is 5.89 Å². The fourth-order valence-electron chi connectivity index (χ4n) is 1.45. The molecule has 0 spiro atoms. The predicted molar refractivity (Wildman–Crippen MR) is 67.1 cm³/mol. The molecule has 1 N–H and O–H groups in total. The van der Waals surface area contributed by atoms with E-state index in [4.69, 9.17) is 9.15 Å². The van der Waals surface area contributed by atoms with Gasteiger partial charge in [-0.25, -0.2) is 0 Å². The van der Waals surface area contributed by atoms with Crippen molar-refractivity contribution >= 4 is 0 Å². The topological polar surface area (TPSA) is 60.2 Å². The number of hydrogen-bond donors (Lipinski definition) is 1. The minimum Gasteiger partial charge on any atom is -0.484 e. The van der Waals surface area contributed by atoms with E-state index in [1.807, 2.05) is 30.3 Å². The van der Waals surface area contributed by atoms with E-state index < -0.39 is 0 Å². The van der Waals surface area contributed by atoms with Crippen molar-refractivity contribution in [2.75, 3.05) is 6.54 Å². The maximum atomic E-state index is 5.51. The first-order chi connectivity index (χ1) is 8.88. The van der Waals surface area contributed by atoms with Crippen LogP contribution in [0.4, 0.5) is 0 Å². The standard InChI is InChI=1S/C13H17N3O2/c1-2-8-14-9-12-15-16-13(18-12)10-17-11-6-4-3-5-7-11/h3-7,14H,2,8-10H2,1H3. The van der Waals surface area contributed by atoms with Gasteiger partial charge in [0.15, 0.2) is 6.61 Å². The first-order valence-electron chi connectivity index (χ1n) is 6.08. The molecule has 0 radical (unpaired) electrons. The number of aromatic nitrogens is 2. The van der Waals surface area contributed by atoms with E-state index in [0.29, 0.717) is 24.9 Å². The van der Waals surface area contributed by atoms with E-state index in [0.717, 1.165) is 18.7 Å². The van der Waals surface area contributed by atoms with E-state index in [1.165, 1.54) is 0 Å². The SMILES string of the molecule is CCCNCc1nnc(COc2ccccc2)o1. The van der Waals surface area contributed by atoms with Crippen LogP contribution in [0.25, 0.3) is 0 Å². The maximum absolute atomic E-state index is 5.51. The fraction of sp³-hybridized carbons (Fsp3) is 0.385. The van der Waals surface area contributed by atoms with Crippen LogP contribution in [0.1, 0.15) is 25.1 Å². The van der Waals surface area contributed by atoms with E-state index in [2.05, 4.69) is 22.4 Å². The number of benzene rings is 1. The molecule has 0 aliphatic rings. The van der Waals surface area contributed by atoms with Crippen LogP contribution < -0.4 is 10.1 Å². The van der Waals surface area contributed by atoms with Gasteiger partial charge in [-0.3, -0.25) is 0 Å². The van der Waals surface area contributed by atoms with E-state index in [-0.39, 0.29) is 0 Å². The van der Waals surface area contributed by atoms with Crippen LogP contribution in [0.2, 0.25) is 0 Å². The Morgan fingerprint density at radius 1 is 1.17 bits per heavy atom. The molecule has 5 nitrogen and oxygen atoms in total.